The van der Waals surface area contributed by atoms with Crippen molar-refractivity contribution in [2.24, 2.45) is 0 Å². The van der Waals surface area contributed by atoms with Crippen LogP contribution in [0.4, 0.5) is 0 Å². The fourth-order valence-corrected chi connectivity index (χ4v) is 10.6. The predicted molar refractivity (Wildman–Crippen MR) is 175 cm³/mol. The molecule has 0 aliphatic carbocycles. The minimum Gasteiger partial charge on any atom is -0.404 e. The first-order valence-corrected chi connectivity index (χ1v) is 17.8. The standard InChI is InChI=1S/C37H54O2Si/c1-5-6-7-8-9-10-11-17-25-34(26-22-31-38-32-33-23-15-12-16-24-33)39-40(37(2,3)4,35-27-18-13-19-28-35)36-29-20-14-21-30-36/h12-16,18-21,23-24,27-30,34H,5-11,17,22,25-26,31-32H2,1-4H3/t34-/m1/s1. The smallest absolute Gasteiger partial charge is 0.261 e. The van der Waals surface area contributed by atoms with Crippen LogP contribution in [-0.4, -0.2) is 21.0 Å². The molecule has 3 aromatic carbocycles. The molecular formula is C37H54O2Si. The second-order valence-electron chi connectivity index (χ2n) is 12.3. The van der Waals surface area contributed by atoms with E-state index in [0.29, 0.717) is 6.61 Å². The molecule has 0 bridgehead atoms. The highest BCUT2D eigenvalue weighted by molar-refractivity contribution is 6.99. The molecule has 0 saturated heterocycles. The van der Waals surface area contributed by atoms with E-state index >= 15 is 0 Å². The summed E-state index contributed by atoms with van der Waals surface area (Å²) in [5.41, 5.74) is 1.24. The molecule has 0 radical (unpaired) electrons. The lowest BCUT2D eigenvalue weighted by Gasteiger charge is -2.45. The summed E-state index contributed by atoms with van der Waals surface area (Å²) in [5, 5.41) is 2.74. The molecule has 40 heavy (non-hydrogen) atoms. The highest BCUT2D eigenvalue weighted by Gasteiger charge is 2.51. The lowest BCUT2D eigenvalue weighted by atomic mass is 10.0. The maximum Gasteiger partial charge on any atom is 0.261 e. The van der Waals surface area contributed by atoms with E-state index in [1.54, 1.807) is 0 Å². The van der Waals surface area contributed by atoms with Crippen LogP contribution < -0.4 is 10.4 Å². The van der Waals surface area contributed by atoms with Gasteiger partial charge in [-0.05, 0) is 40.2 Å². The SMILES string of the molecule is CCCCCCCCCC[C@H](CCCOCc1ccccc1)O[Si](c1ccccc1)(c1ccccc1)C(C)(C)C. The Kier molecular flexibility index (Phi) is 14.2. The Hall–Kier alpha value is -2.20. The van der Waals surface area contributed by atoms with E-state index < -0.39 is 8.32 Å². The van der Waals surface area contributed by atoms with Crippen LogP contribution in [0.25, 0.3) is 0 Å². The van der Waals surface area contributed by atoms with Crippen LogP contribution in [-0.2, 0) is 15.8 Å². The summed E-state index contributed by atoms with van der Waals surface area (Å²) in [5.74, 6) is 0. The molecule has 0 aromatic heterocycles. The third-order valence-electron chi connectivity index (χ3n) is 8.07. The molecule has 3 aromatic rings. The maximum absolute atomic E-state index is 7.58. The van der Waals surface area contributed by atoms with Gasteiger partial charge in [-0.2, -0.15) is 0 Å². The molecule has 3 rings (SSSR count). The zero-order chi connectivity index (χ0) is 28.5. The van der Waals surface area contributed by atoms with Gasteiger partial charge in [-0.15, -0.1) is 0 Å². The number of ether oxygens (including phenoxy) is 1. The van der Waals surface area contributed by atoms with Gasteiger partial charge in [-0.25, -0.2) is 0 Å². The number of unbranched alkanes of at least 4 members (excludes halogenated alkanes) is 7. The van der Waals surface area contributed by atoms with E-state index in [9.17, 15) is 0 Å². The quantitative estimate of drug-likeness (QED) is 0.108. The zero-order valence-electron chi connectivity index (χ0n) is 25.7. The fourth-order valence-electron chi connectivity index (χ4n) is 5.89. The van der Waals surface area contributed by atoms with Crippen LogP contribution in [0.3, 0.4) is 0 Å². The lowest BCUT2D eigenvalue weighted by molar-refractivity contribution is 0.0978. The van der Waals surface area contributed by atoms with E-state index in [2.05, 4.69) is 119 Å². The van der Waals surface area contributed by atoms with Gasteiger partial charge in [-0.1, -0.05) is 170 Å². The molecule has 0 unspecified atom stereocenters. The minimum atomic E-state index is -2.56. The number of rotatable bonds is 19. The van der Waals surface area contributed by atoms with Crippen LogP contribution >= 0.6 is 0 Å². The molecule has 0 heterocycles. The summed E-state index contributed by atoms with van der Waals surface area (Å²) < 4.78 is 13.7. The first-order chi connectivity index (χ1) is 19.5. The van der Waals surface area contributed by atoms with Gasteiger partial charge < -0.3 is 9.16 Å². The second-order valence-corrected chi connectivity index (χ2v) is 16.6. The van der Waals surface area contributed by atoms with Crippen molar-refractivity contribution in [1.82, 2.24) is 0 Å². The van der Waals surface area contributed by atoms with Gasteiger partial charge in [0.2, 0.25) is 0 Å². The molecular weight excluding hydrogens is 504 g/mol. The second kappa shape index (κ2) is 17.6. The molecule has 0 aliphatic rings. The van der Waals surface area contributed by atoms with E-state index in [1.807, 2.05) is 0 Å². The van der Waals surface area contributed by atoms with Gasteiger partial charge in [0.15, 0.2) is 0 Å². The summed E-state index contributed by atoms with van der Waals surface area (Å²) in [6.45, 7) is 10.9. The van der Waals surface area contributed by atoms with Gasteiger partial charge in [-0.3, -0.25) is 0 Å². The number of hydrogen-bond donors (Lipinski definition) is 0. The van der Waals surface area contributed by atoms with Crippen molar-refractivity contribution in [1.29, 1.82) is 0 Å². The number of hydrogen-bond acceptors (Lipinski definition) is 2. The highest BCUT2D eigenvalue weighted by Crippen LogP contribution is 2.38. The Morgan fingerprint density at radius 2 is 1.07 bits per heavy atom. The van der Waals surface area contributed by atoms with Crippen molar-refractivity contribution in [2.75, 3.05) is 6.61 Å². The van der Waals surface area contributed by atoms with Crippen molar-refractivity contribution < 1.29 is 9.16 Å². The summed E-state index contributed by atoms with van der Waals surface area (Å²) in [6.07, 6.45) is 14.1. The van der Waals surface area contributed by atoms with Gasteiger partial charge in [0.1, 0.15) is 0 Å². The van der Waals surface area contributed by atoms with Crippen molar-refractivity contribution in [2.45, 2.75) is 116 Å². The minimum absolute atomic E-state index is 0.00293. The van der Waals surface area contributed by atoms with E-state index in [4.69, 9.17) is 9.16 Å². The molecule has 0 aliphatic heterocycles. The maximum atomic E-state index is 7.58. The fraction of sp³-hybridized carbons (Fsp3) is 0.514. The average Bonchev–Trinajstić information content (AvgIpc) is 2.97. The Labute approximate surface area is 246 Å². The zero-order valence-corrected chi connectivity index (χ0v) is 26.7. The molecule has 0 saturated carbocycles. The van der Waals surface area contributed by atoms with E-state index in [0.717, 1.165) is 25.9 Å². The molecule has 2 nitrogen and oxygen atoms in total. The Bertz CT molecular complexity index is 991. The van der Waals surface area contributed by atoms with Gasteiger partial charge in [0.05, 0.1) is 6.61 Å². The molecule has 0 N–H and O–H groups in total. The predicted octanol–water partition coefficient (Wildman–Crippen LogP) is 9.46. The van der Waals surface area contributed by atoms with Crippen molar-refractivity contribution in [3.05, 3.63) is 96.6 Å². The highest BCUT2D eigenvalue weighted by atomic mass is 28.4. The van der Waals surface area contributed by atoms with Crippen LogP contribution in [0.5, 0.6) is 0 Å². The van der Waals surface area contributed by atoms with Gasteiger partial charge in [0.25, 0.3) is 8.32 Å². The molecule has 0 amide bonds. The lowest BCUT2D eigenvalue weighted by Crippen LogP contribution is -2.67. The molecule has 0 spiro atoms. The average molecular weight is 559 g/mol. The van der Waals surface area contributed by atoms with Crippen LogP contribution in [0.2, 0.25) is 5.04 Å². The van der Waals surface area contributed by atoms with Crippen LogP contribution in [0, 0.1) is 0 Å². The number of benzene rings is 3. The third kappa shape index (κ3) is 10.0. The van der Waals surface area contributed by atoms with Crippen molar-refractivity contribution in [3.63, 3.8) is 0 Å². The van der Waals surface area contributed by atoms with Gasteiger partial charge in [0, 0.05) is 12.7 Å². The first-order valence-electron chi connectivity index (χ1n) is 15.9. The third-order valence-corrected chi connectivity index (χ3v) is 13.2. The van der Waals surface area contributed by atoms with Gasteiger partial charge >= 0.3 is 0 Å². The summed E-state index contributed by atoms with van der Waals surface area (Å²) in [7, 11) is -2.56. The van der Waals surface area contributed by atoms with Crippen LogP contribution in [0.1, 0.15) is 104 Å². The Balaban J connectivity index is 1.73. The van der Waals surface area contributed by atoms with Crippen molar-refractivity contribution >= 4 is 18.7 Å². The summed E-state index contributed by atoms with van der Waals surface area (Å²) in [6, 6.07) is 32.7. The Morgan fingerprint density at radius 3 is 1.60 bits per heavy atom. The van der Waals surface area contributed by atoms with E-state index in [1.165, 1.54) is 67.3 Å². The van der Waals surface area contributed by atoms with Crippen LogP contribution in [0.15, 0.2) is 91.0 Å². The first kappa shape index (κ1) is 32.3. The summed E-state index contributed by atoms with van der Waals surface area (Å²) >= 11 is 0. The normalized spacial score (nSPS) is 12.9. The summed E-state index contributed by atoms with van der Waals surface area (Å²) in [4.78, 5) is 0. The van der Waals surface area contributed by atoms with Crippen molar-refractivity contribution in [3.8, 4) is 0 Å². The Morgan fingerprint density at radius 1 is 0.600 bits per heavy atom. The molecule has 3 heteroatoms. The topological polar surface area (TPSA) is 18.5 Å². The molecule has 1 atom stereocenters. The molecule has 0 fully saturated rings. The van der Waals surface area contributed by atoms with E-state index in [-0.39, 0.29) is 11.1 Å². The monoisotopic (exact) mass is 558 g/mol. The largest absolute Gasteiger partial charge is 0.404 e. The molecule has 218 valence electrons.